The molecule has 0 radical (unpaired) electrons. The minimum absolute atomic E-state index is 0.436. The zero-order valence-electron chi connectivity index (χ0n) is 9.66. The summed E-state index contributed by atoms with van der Waals surface area (Å²) >= 11 is 8.58. The van der Waals surface area contributed by atoms with E-state index in [0.29, 0.717) is 4.99 Å². The van der Waals surface area contributed by atoms with Crippen molar-refractivity contribution in [2.45, 2.75) is 19.8 Å². The molecule has 0 spiro atoms. The van der Waals surface area contributed by atoms with E-state index in [0.717, 1.165) is 22.3 Å². The predicted octanol–water partition coefficient (Wildman–Crippen LogP) is 3.32. The van der Waals surface area contributed by atoms with Gasteiger partial charge in [0.15, 0.2) is 0 Å². The highest BCUT2D eigenvalue weighted by molar-refractivity contribution is 9.10. The summed E-state index contributed by atoms with van der Waals surface area (Å²) in [6.45, 7) is 3.20. The molecular weight excluding hydrogens is 284 g/mol. The topological polar surface area (TPSA) is 29.3 Å². The maximum Gasteiger partial charge on any atom is 0.107 e. The Labute approximate surface area is 111 Å². The smallest absolute Gasteiger partial charge is 0.107 e. The highest BCUT2D eigenvalue weighted by Gasteiger charge is 2.12. The van der Waals surface area contributed by atoms with Crippen molar-refractivity contribution in [3.05, 3.63) is 28.2 Å². The van der Waals surface area contributed by atoms with Gasteiger partial charge in [0.1, 0.15) is 4.99 Å². The minimum atomic E-state index is 0.436. The van der Waals surface area contributed by atoms with Crippen molar-refractivity contribution >= 4 is 38.8 Å². The molecule has 0 aromatic heterocycles. The van der Waals surface area contributed by atoms with Crippen LogP contribution in [-0.2, 0) is 0 Å². The molecular formula is C12H17BrN2S. The molecule has 0 bridgehead atoms. The van der Waals surface area contributed by atoms with Gasteiger partial charge in [-0.25, -0.2) is 0 Å². The number of thiocarbonyl (C=S) groups is 1. The molecule has 2 N–H and O–H groups in total. The lowest BCUT2D eigenvalue weighted by atomic mass is 10.1. The number of nitrogens with two attached hydrogens (primary N) is 1. The second kappa shape index (κ2) is 6.21. The van der Waals surface area contributed by atoms with Gasteiger partial charge in [-0.3, -0.25) is 0 Å². The van der Waals surface area contributed by atoms with Crippen molar-refractivity contribution in [3.8, 4) is 0 Å². The molecule has 0 aliphatic heterocycles. The largest absolute Gasteiger partial charge is 0.389 e. The summed E-state index contributed by atoms with van der Waals surface area (Å²) in [7, 11) is 2.07. The lowest BCUT2D eigenvalue weighted by Gasteiger charge is -2.22. The SMILES string of the molecule is CCCCN(C)c1cccc(Br)c1C(N)=S. The summed E-state index contributed by atoms with van der Waals surface area (Å²) < 4.78 is 0.959. The standard InChI is InChI=1S/C12H17BrN2S/c1-3-4-8-15(2)10-7-5-6-9(13)11(10)12(14)16/h5-7H,3-4,8H2,1-2H3,(H2,14,16). The van der Waals surface area contributed by atoms with Crippen LogP contribution in [0.2, 0.25) is 0 Å². The fraction of sp³-hybridized carbons (Fsp3) is 0.417. The van der Waals surface area contributed by atoms with E-state index in [-0.39, 0.29) is 0 Å². The predicted molar refractivity (Wildman–Crippen MR) is 78.2 cm³/mol. The number of unbranched alkanes of at least 4 members (excludes halogenated alkanes) is 1. The molecule has 0 fully saturated rings. The third-order valence-electron chi connectivity index (χ3n) is 2.50. The van der Waals surface area contributed by atoms with Crippen LogP contribution in [0.25, 0.3) is 0 Å². The first kappa shape index (κ1) is 13.5. The third-order valence-corrected chi connectivity index (χ3v) is 3.36. The Morgan fingerprint density at radius 3 is 2.75 bits per heavy atom. The molecule has 1 rings (SSSR count). The quantitative estimate of drug-likeness (QED) is 0.846. The van der Waals surface area contributed by atoms with Gasteiger partial charge in [-0.15, -0.1) is 0 Å². The summed E-state index contributed by atoms with van der Waals surface area (Å²) in [5.41, 5.74) is 7.78. The first-order valence-corrected chi connectivity index (χ1v) is 6.57. The van der Waals surface area contributed by atoms with Crippen LogP contribution in [0.1, 0.15) is 25.3 Å². The van der Waals surface area contributed by atoms with Crippen molar-refractivity contribution in [1.82, 2.24) is 0 Å². The number of hydrogen-bond donors (Lipinski definition) is 1. The molecule has 4 heteroatoms. The van der Waals surface area contributed by atoms with Gasteiger partial charge in [0.05, 0.1) is 0 Å². The van der Waals surface area contributed by atoms with E-state index in [1.165, 1.54) is 12.8 Å². The van der Waals surface area contributed by atoms with Crippen LogP contribution in [0.5, 0.6) is 0 Å². The molecule has 2 nitrogen and oxygen atoms in total. The summed E-state index contributed by atoms with van der Waals surface area (Å²) in [5.74, 6) is 0. The Morgan fingerprint density at radius 2 is 2.19 bits per heavy atom. The van der Waals surface area contributed by atoms with E-state index in [1.54, 1.807) is 0 Å². The molecule has 0 saturated heterocycles. The van der Waals surface area contributed by atoms with E-state index in [4.69, 9.17) is 18.0 Å². The van der Waals surface area contributed by atoms with Gasteiger partial charge in [-0.05, 0) is 34.5 Å². The molecule has 0 amide bonds. The molecule has 0 atom stereocenters. The van der Waals surface area contributed by atoms with Crippen LogP contribution in [0.4, 0.5) is 5.69 Å². The Balaban J connectivity index is 3.02. The number of benzene rings is 1. The van der Waals surface area contributed by atoms with Crippen molar-refractivity contribution < 1.29 is 0 Å². The molecule has 0 unspecified atom stereocenters. The zero-order valence-corrected chi connectivity index (χ0v) is 12.1. The Bertz CT molecular complexity index is 379. The van der Waals surface area contributed by atoms with Gasteiger partial charge in [-0.1, -0.05) is 31.6 Å². The van der Waals surface area contributed by atoms with Crippen LogP contribution < -0.4 is 10.6 Å². The summed E-state index contributed by atoms with van der Waals surface area (Å²) in [5, 5.41) is 0. The molecule has 1 aromatic carbocycles. The van der Waals surface area contributed by atoms with Gasteiger partial charge in [0.2, 0.25) is 0 Å². The van der Waals surface area contributed by atoms with E-state index >= 15 is 0 Å². The second-order valence-corrected chi connectivity index (χ2v) is 5.07. The van der Waals surface area contributed by atoms with E-state index in [1.807, 2.05) is 12.1 Å². The van der Waals surface area contributed by atoms with E-state index < -0.39 is 0 Å². The normalized spacial score (nSPS) is 10.2. The minimum Gasteiger partial charge on any atom is -0.389 e. The highest BCUT2D eigenvalue weighted by Crippen LogP contribution is 2.27. The Morgan fingerprint density at radius 1 is 1.50 bits per heavy atom. The molecule has 0 heterocycles. The van der Waals surface area contributed by atoms with Crippen LogP contribution in [0, 0.1) is 0 Å². The average Bonchev–Trinajstić information content (AvgIpc) is 2.24. The number of hydrogen-bond acceptors (Lipinski definition) is 2. The van der Waals surface area contributed by atoms with Crippen LogP contribution in [0.15, 0.2) is 22.7 Å². The lowest BCUT2D eigenvalue weighted by Crippen LogP contribution is -2.23. The van der Waals surface area contributed by atoms with Crippen LogP contribution in [0.3, 0.4) is 0 Å². The molecule has 88 valence electrons. The van der Waals surface area contributed by atoms with E-state index in [2.05, 4.69) is 40.9 Å². The number of nitrogens with zero attached hydrogens (tertiary/aromatic N) is 1. The Hall–Kier alpha value is -0.610. The number of halogens is 1. The third kappa shape index (κ3) is 3.19. The molecule has 0 aliphatic rings. The molecule has 0 aliphatic carbocycles. The van der Waals surface area contributed by atoms with Gasteiger partial charge >= 0.3 is 0 Å². The van der Waals surface area contributed by atoms with Crippen molar-refractivity contribution in [2.75, 3.05) is 18.5 Å². The highest BCUT2D eigenvalue weighted by atomic mass is 79.9. The van der Waals surface area contributed by atoms with Crippen molar-refractivity contribution in [1.29, 1.82) is 0 Å². The van der Waals surface area contributed by atoms with Gasteiger partial charge in [-0.2, -0.15) is 0 Å². The lowest BCUT2D eigenvalue weighted by molar-refractivity contribution is 0.766. The number of anilines is 1. The molecule has 0 saturated carbocycles. The summed E-state index contributed by atoms with van der Waals surface area (Å²) in [6, 6.07) is 6.02. The zero-order chi connectivity index (χ0) is 12.1. The van der Waals surface area contributed by atoms with Gasteiger partial charge in [0, 0.05) is 29.3 Å². The monoisotopic (exact) mass is 300 g/mol. The first-order valence-electron chi connectivity index (χ1n) is 5.37. The van der Waals surface area contributed by atoms with E-state index in [9.17, 15) is 0 Å². The molecule has 16 heavy (non-hydrogen) atoms. The molecule has 1 aromatic rings. The Kier molecular flexibility index (Phi) is 5.22. The summed E-state index contributed by atoms with van der Waals surface area (Å²) in [6.07, 6.45) is 2.35. The average molecular weight is 301 g/mol. The second-order valence-electron chi connectivity index (χ2n) is 3.77. The number of rotatable bonds is 5. The first-order chi connectivity index (χ1) is 7.57. The fourth-order valence-corrected chi connectivity index (χ4v) is 2.51. The fourth-order valence-electron chi connectivity index (χ4n) is 1.59. The van der Waals surface area contributed by atoms with Gasteiger partial charge in [0.25, 0.3) is 0 Å². The summed E-state index contributed by atoms with van der Waals surface area (Å²) in [4.78, 5) is 2.63. The van der Waals surface area contributed by atoms with Crippen LogP contribution in [-0.4, -0.2) is 18.6 Å². The maximum absolute atomic E-state index is 5.76. The van der Waals surface area contributed by atoms with Crippen molar-refractivity contribution in [2.24, 2.45) is 5.73 Å². The van der Waals surface area contributed by atoms with Crippen molar-refractivity contribution in [3.63, 3.8) is 0 Å². The van der Waals surface area contributed by atoms with Crippen LogP contribution >= 0.6 is 28.1 Å². The van der Waals surface area contributed by atoms with Gasteiger partial charge < -0.3 is 10.6 Å². The maximum atomic E-state index is 5.76.